The van der Waals surface area contributed by atoms with Gasteiger partial charge in [-0.3, -0.25) is 9.59 Å². The Hall–Kier alpha value is -2.94. The molecular weight excluding hydrogens is 790 g/mol. The minimum atomic E-state index is -4.91. The summed E-state index contributed by atoms with van der Waals surface area (Å²) in [7, 11) is 0. The molecule has 0 aromatic carbocycles. The fourth-order valence-corrected chi connectivity index (χ4v) is 11.8. The number of alkyl halides is 6. The summed E-state index contributed by atoms with van der Waals surface area (Å²) in [5.74, 6) is -8.60. The molecule has 1 aromatic rings. The van der Waals surface area contributed by atoms with Crippen molar-refractivity contribution in [2.45, 2.75) is 127 Å². The third kappa shape index (κ3) is 6.14. The van der Waals surface area contributed by atoms with E-state index >= 15 is 0 Å². The molecule has 6 saturated heterocycles. The Balaban J connectivity index is 0.928. The molecule has 12 atom stereocenters. The second kappa shape index (κ2) is 13.3. The maximum Gasteiger partial charge on any atom is 0.449 e. The van der Waals surface area contributed by atoms with Gasteiger partial charge in [-0.05, 0) is 76.3 Å². The predicted octanol–water partition coefficient (Wildman–Crippen LogP) is 7.33. The highest BCUT2D eigenvalue weighted by molar-refractivity contribution is 7.15. The second-order valence-electron chi connectivity index (χ2n) is 17.2. The zero-order valence-electron chi connectivity index (χ0n) is 31.6. The minimum Gasteiger partial charge on any atom is -0.456 e. The lowest BCUT2D eigenvalue weighted by Crippen LogP contribution is -2.67. The van der Waals surface area contributed by atoms with Crippen molar-refractivity contribution >= 4 is 23.2 Å². The molecule has 2 saturated carbocycles. The largest absolute Gasteiger partial charge is 0.456 e. The lowest BCUT2D eigenvalue weighted by atomic mass is 9.59. The number of hydrogen-bond acceptors (Lipinski definition) is 11. The highest BCUT2D eigenvalue weighted by Gasteiger charge is 2.72. The Bertz CT molecular complexity index is 1770. The van der Waals surface area contributed by atoms with E-state index in [2.05, 4.69) is 10.6 Å². The number of carbonyl (C=O) groups is 2. The quantitative estimate of drug-likeness (QED) is 0.222. The van der Waals surface area contributed by atoms with Gasteiger partial charge in [-0.15, -0.1) is 11.3 Å². The van der Waals surface area contributed by atoms with Crippen LogP contribution in [0.5, 0.6) is 0 Å². The first-order chi connectivity index (χ1) is 26.8. The van der Waals surface area contributed by atoms with Gasteiger partial charge in [0.1, 0.15) is 0 Å². The number of rotatable bonds is 6. The molecule has 57 heavy (non-hydrogen) atoms. The average molecular weight is 835 g/mol. The highest BCUT2D eigenvalue weighted by atomic mass is 32.1. The van der Waals surface area contributed by atoms with Gasteiger partial charge in [-0.2, -0.15) is 26.3 Å². The van der Waals surface area contributed by atoms with Gasteiger partial charge in [-0.1, -0.05) is 13.8 Å². The summed E-state index contributed by atoms with van der Waals surface area (Å²) in [6.45, 7) is 6.15. The van der Waals surface area contributed by atoms with Crippen LogP contribution in [0.15, 0.2) is 34.8 Å². The summed E-state index contributed by atoms with van der Waals surface area (Å²) < 4.78 is 111. The van der Waals surface area contributed by atoms with E-state index in [1.54, 1.807) is 13.8 Å². The highest BCUT2D eigenvalue weighted by Crippen LogP contribution is 2.63. The molecule has 2 amide bonds. The molecule has 8 aliphatic heterocycles. The molecule has 19 heteroatoms. The van der Waals surface area contributed by atoms with Crippen molar-refractivity contribution < 1.29 is 74.4 Å². The number of allylic oxidation sites excluding steroid dienone is 2. The molecule has 11 rings (SSSR count). The Labute approximate surface area is 327 Å². The zero-order valence-corrected chi connectivity index (χ0v) is 32.4. The molecule has 12 nitrogen and oxygen atoms in total. The molecule has 2 N–H and O–H groups in total. The van der Waals surface area contributed by atoms with E-state index in [1.807, 2.05) is 13.8 Å². The third-order valence-corrected chi connectivity index (χ3v) is 14.8. The number of fused-ring (bicyclic) bond motifs is 4. The summed E-state index contributed by atoms with van der Waals surface area (Å²) in [4.78, 5) is 50.3. The average Bonchev–Trinajstić information content (AvgIpc) is 3.39. The summed E-state index contributed by atoms with van der Waals surface area (Å²) in [6, 6.07) is 2.65. The number of thiophene rings is 1. The van der Waals surface area contributed by atoms with Crippen LogP contribution < -0.4 is 10.6 Å². The van der Waals surface area contributed by atoms with Gasteiger partial charge >= 0.3 is 12.4 Å². The van der Waals surface area contributed by atoms with Crippen LogP contribution in [-0.4, -0.2) is 72.6 Å². The maximum atomic E-state index is 14.6. The number of carbonyl (C=O) groups excluding carboxylic acids is 2. The Morgan fingerprint density at radius 3 is 1.46 bits per heavy atom. The van der Waals surface area contributed by atoms with Crippen LogP contribution in [0.3, 0.4) is 0 Å². The standard InChI is InChI=1S/C38H44F6N2O10S/c1-17-5-7-23-19(27(37(39,40)41)49-31-35(23)21(17)11-13-33(3,51-31)53-55-35)15-45-29(47)25-9-10-26(57-25)30(48)46-16-20-24-8-6-18(2)22-12-14-34(4)52-32(36(22,24)56-54-34)50-28(20)38(42,43)44/h9-10,17-18,21-24,31-32H,5-8,11-16H2,1-4H3,(H,45,47)(H,46,48)/t17-,18-,21+,22+,23+,24+,31-,32-,33+,34+,35-,36-/m1/s1. The monoisotopic (exact) mass is 834 g/mol. The van der Waals surface area contributed by atoms with Crippen LogP contribution in [0.4, 0.5) is 26.3 Å². The van der Waals surface area contributed by atoms with Crippen molar-refractivity contribution in [3.8, 4) is 0 Å². The topological polar surface area (TPSA) is 132 Å². The predicted molar refractivity (Wildman–Crippen MR) is 183 cm³/mol. The molecule has 8 fully saturated rings. The fraction of sp³-hybridized carbons (Fsp3) is 0.737. The lowest BCUT2D eigenvalue weighted by molar-refractivity contribution is -0.557. The van der Waals surface area contributed by atoms with Crippen molar-refractivity contribution in [1.82, 2.24) is 10.6 Å². The van der Waals surface area contributed by atoms with E-state index in [-0.39, 0.29) is 44.6 Å². The minimum absolute atomic E-state index is 0.00326. The van der Waals surface area contributed by atoms with Gasteiger partial charge in [0.2, 0.25) is 35.7 Å². The maximum absolute atomic E-state index is 14.6. The lowest BCUT2D eigenvalue weighted by Gasteiger charge is -2.57. The van der Waals surface area contributed by atoms with Gasteiger partial charge < -0.3 is 29.6 Å². The van der Waals surface area contributed by atoms with E-state index in [0.717, 1.165) is 11.3 Å². The molecule has 314 valence electrons. The first-order valence-electron chi connectivity index (χ1n) is 19.5. The Morgan fingerprint density at radius 1 is 0.667 bits per heavy atom. The number of amides is 2. The first-order valence-corrected chi connectivity index (χ1v) is 20.3. The Kier molecular flexibility index (Phi) is 9.21. The second-order valence-corrected chi connectivity index (χ2v) is 18.3. The van der Waals surface area contributed by atoms with Crippen LogP contribution in [0.2, 0.25) is 0 Å². The van der Waals surface area contributed by atoms with Gasteiger partial charge in [0, 0.05) is 60.7 Å². The van der Waals surface area contributed by atoms with E-state index in [4.69, 9.17) is 38.5 Å². The van der Waals surface area contributed by atoms with Crippen molar-refractivity contribution in [1.29, 1.82) is 0 Å². The van der Waals surface area contributed by atoms with Gasteiger partial charge in [0.25, 0.3) is 11.8 Å². The van der Waals surface area contributed by atoms with Gasteiger partial charge in [0.15, 0.2) is 11.2 Å². The van der Waals surface area contributed by atoms with Crippen LogP contribution in [0.1, 0.15) is 98.4 Å². The normalized spacial score (nSPS) is 42.3. The number of halogens is 6. The van der Waals surface area contributed by atoms with E-state index in [9.17, 15) is 35.9 Å². The van der Waals surface area contributed by atoms with E-state index in [1.165, 1.54) is 12.1 Å². The van der Waals surface area contributed by atoms with E-state index < -0.39 is 96.0 Å². The third-order valence-electron chi connectivity index (χ3n) is 13.8. The molecule has 0 radical (unpaired) electrons. The summed E-state index contributed by atoms with van der Waals surface area (Å²) >= 11 is 0.740. The summed E-state index contributed by atoms with van der Waals surface area (Å²) in [5.41, 5.74) is -3.12. The molecule has 2 aliphatic carbocycles. The van der Waals surface area contributed by atoms with Crippen molar-refractivity contribution in [2.24, 2.45) is 35.5 Å². The SMILES string of the molecule is C[C@@H]1CC[C@H]2C(CNC(=O)c3ccc(C(=O)NCC4=C(C(F)(F)F)O[C@@H]5O[C@]6(C)CC[C@H]7[C@H](C)CC[C@@H]4[C@@]57OO6)s3)=C(C(F)(F)F)O[C@@H]3O[C@]4(C)CC[C@@H]1[C@]32OO4. The molecule has 10 aliphatic rings. The summed E-state index contributed by atoms with van der Waals surface area (Å²) in [5, 5.41) is 5.14. The summed E-state index contributed by atoms with van der Waals surface area (Å²) in [6.07, 6.45) is -8.79. The molecule has 4 bridgehead atoms. The van der Waals surface area contributed by atoms with Crippen LogP contribution in [0, 0.1) is 35.5 Å². The van der Waals surface area contributed by atoms with E-state index in [0.29, 0.717) is 51.4 Å². The van der Waals surface area contributed by atoms with Crippen LogP contribution in [-0.2, 0) is 38.5 Å². The number of hydrogen-bond donors (Lipinski definition) is 2. The van der Waals surface area contributed by atoms with Gasteiger partial charge in [0.05, 0.1) is 9.75 Å². The number of ether oxygens (including phenoxy) is 4. The van der Waals surface area contributed by atoms with Crippen LogP contribution in [0.25, 0.3) is 0 Å². The molecule has 0 unspecified atom stereocenters. The van der Waals surface area contributed by atoms with Gasteiger partial charge in [-0.25, -0.2) is 19.6 Å². The molecular formula is C38H44F6N2O10S. The molecule has 2 spiro atoms. The smallest absolute Gasteiger partial charge is 0.449 e. The van der Waals surface area contributed by atoms with Crippen LogP contribution >= 0.6 is 11.3 Å². The first kappa shape index (κ1) is 39.5. The fourth-order valence-electron chi connectivity index (χ4n) is 11.0. The van der Waals surface area contributed by atoms with Crippen molar-refractivity contribution in [3.05, 3.63) is 44.6 Å². The molecule has 1 aromatic heterocycles. The van der Waals surface area contributed by atoms with Crippen molar-refractivity contribution in [2.75, 3.05) is 13.1 Å². The van der Waals surface area contributed by atoms with Crippen molar-refractivity contribution in [3.63, 3.8) is 0 Å². The Morgan fingerprint density at radius 2 is 1.07 bits per heavy atom. The zero-order chi connectivity index (χ0) is 40.5. The molecule has 9 heterocycles. The number of nitrogens with one attached hydrogen (secondary N) is 2.